The van der Waals surface area contributed by atoms with E-state index in [1.54, 1.807) is 6.07 Å². The summed E-state index contributed by atoms with van der Waals surface area (Å²) in [6.07, 6.45) is 1.81. The highest BCUT2D eigenvalue weighted by Gasteiger charge is 2.03. The Labute approximate surface area is 113 Å². The Hall–Kier alpha value is -1.87. The number of para-hydroxylation sites is 1. The van der Waals surface area contributed by atoms with Crippen LogP contribution in [0.5, 0.6) is 0 Å². The predicted octanol–water partition coefficient (Wildman–Crippen LogP) is 3.75. The zero-order valence-corrected chi connectivity index (χ0v) is 11.1. The number of rotatable bonds is 1. The molecule has 0 saturated carbocycles. The molecule has 2 nitrogen and oxygen atoms in total. The third-order valence-corrected chi connectivity index (χ3v) is 3.38. The maximum Gasteiger partial charge on any atom is 0.189 e. The molecule has 1 heterocycles. The molecule has 3 rings (SSSR count). The van der Waals surface area contributed by atoms with Crippen LogP contribution in [0.1, 0.15) is 0 Å². The van der Waals surface area contributed by atoms with Crippen LogP contribution in [-0.4, -0.2) is 4.57 Å². The molecule has 0 spiro atoms. The summed E-state index contributed by atoms with van der Waals surface area (Å²) >= 11 is 3.46. The smallest absolute Gasteiger partial charge is 0.189 e. The van der Waals surface area contributed by atoms with Gasteiger partial charge in [0.05, 0.1) is 5.52 Å². The fraction of sp³-hybridized carbons (Fsp3) is 0. The Morgan fingerprint density at radius 3 is 2.61 bits per heavy atom. The van der Waals surface area contributed by atoms with Crippen LogP contribution in [0.3, 0.4) is 0 Å². The Kier molecular flexibility index (Phi) is 2.76. The highest BCUT2D eigenvalue weighted by molar-refractivity contribution is 9.10. The Balaban J connectivity index is 2.37. The lowest BCUT2D eigenvalue weighted by atomic mass is 10.2. The summed E-state index contributed by atoms with van der Waals surface area (Å²) in [6.45, 7) is 0. The van der Waals surface area contributed by atoms with Gasteiger partial charge in [0.2, 0.25) is 0 Å². The van der Waals surface area contributed by atoms with Crippen LogP contribution in [0, 0.1) is 0 Å². The molecule has 0 aliphatic heterocycles. The van der Waals surface area contributed by atoms with Crippen molar-refractivity contribution in [3.8, 4) is 5.69 Å². The van der Waals surface area contributed by atoms with Crippen LogP contribution < -0.4 is 5.43 Å². The fourth-order valence-electron chi connectivity index (χ4n) is 2.06. The molecule has 88 valence electrons. The van der Waals surface area contributed by atoms with Crippen LogP contribution in [0.4, 0.5) is 0 Å². The molecule has 3 heteroatoms. The van der Waals surface area contributed by atoms with Crippen LogP contribution in [0.25, 0.3) is 16.6 Å². The summed E-state index contributed by atoms with van der Waals surface area (Å²) in [7, 11) is 0. The maximum absolute atomic E-state index is 11.8. The number of fused-ring (bicyclic) bond motifs is 1. The summed E-state index contributed by atoms with van der Waals surface area (Å²) in [5.41, 5.74) is 2.00. The molecule has 1 aromatic heterocycles. The predicted molar refractivity (Wildman–Crippen MR) is 77.2 cm³/mol. The summed E-state index contributed by atoms with van der Waals surface area (Å²) < 4.78 is 3.03. The molecule has 0 fully saturated rings. The average molecular weight is 300 g/mol. The van der Waals surface area contributed by atoms with E-state index in [9.17, 15) is 4.79 Å². The second kappa shape index (κ2) is 4.42. The molecule has 0 N–H and O–H groups in total. The monoisotopic (exact) mass is 299 g/mol. The summed E-state index contributed by atoms with van der Waals surface area (Å²) in [5, 5.41) is 0.736. The second-order valence-electron chi connectivity index (χ2n) is 4.05. The van der Waals surface area contributed by atoms with Gasteiger partial charge in [0.25, 0.3) is 0 Å². The Bertz CT molecular complexity index is 777. The molecule has 0 amide bonds. The van der Waals surface area contributed by atoms with Gasteiger partial charge in [-0.3, -0.25) is 4.79 Å². The van der Waals surface area contributed by atoms with Gasteiger partial charge in [0.1, 0.15) is 0 Å². The van der Waals surface area contributed by atoms with Crippen LogP contribution >= 0.6 is 15.9 Å². The summed E-state index contributed by atoms with van der Waals surface area (Å²) in [5.74, 6) is 0. The van der Waals surface area contributed by atoms with E-state index < -0.39 is 0 Å². The van der Waals surface area contributed by atoms with Crippen molar-refractivity contribution in [2.45, 2.75) is 0 Å². The second-order valence-corrected chi connectivity index (χ2v) is 4.96. The van der Waals surface area contributed by atoms with Crippen molar-refractivity contribution in [1.82, 2.24) is 4.57 Å². The molecule has 0 radical (unpaired) electrons. The lowest BCUT2D eigenvalue weighted by Gasteiger charge is -2.10. The molecule has 0 bridgehead atoms. The molecule has 0 unspecified atom stereocenters. The average Bonchev–Trinajstić information content (AvgIpc) is 2.39. The molecule has 0 aliphatic carbocycles. The van der Waals surface area contributed by atoms with E-state index in [0.717, 1.165) is 21.1 Å². The lowest BCUT2D eigenvalue weighted by molar-refractivity contribution is 1.10. The van der Waals surface area contributed by atoms with Crippen LogP contribution in [0.2, 0.25) is 0 Å². The fourth-order valence-corrected chi connectivity index (χ4v) is 2.44. The zero-order chi connectivity index (χ0) is 12.5. The van der Waals surface area contributed by atoms with Gasteiger partial charge in [-0.05, 0) is 30.3 Å². The number of halogens is 1. The summed E-state index contributed by atoms with van der Waals surface area (Å²) in [6, 6.07) is 17.2. The van der Waals surface area contributed by atoms with Gasteiger partial charge < -0.3 is 4.57 Å². The van der Waals surface area contributed by atoms with Crippen molar-refractivity contribution in [1.29, 1.82) is 0 Å². The van der Waals surface area contributed by atoms with Gasteiger partial charge in [-0.1, -0.05) is 34.1 Å². The van der Waals surface area contributed by atoms with Crippen molar-refractivity contribution in [2.75, 3.05) is 0 Å². The minimum absolute atomic E-state index is 0.0526. The number of aromatic nitrogens is 1. The molecular weight excluding hydrogens is 290 g/mol. The van der Waals surface area contributed by atoms with E-state index in [1.165, 1.54) is 0 Å². The molecule has 2 aromatic carbocycles. The van der Waals surface area contributed by atoms with Crippen molar-refractivity contribution >= 4 is 26.8 Å². The maximum atomic E-state index is 11.8. The van der Waals surface area contributed by atoms with Crippen LogP contribution in [0.15, 0.2) is 70.1 Å². The van der Waals surface area contributed by atoms with E-state index in [-0.39, 0.29) is 5.43 Å². The quantitative estimate of drug-likeness (QED) is 0.671. The van der Waals surface area contributed by atoms with Gasteiger partial charge in [-0.15, -0.1) is 0 Å². The van der Waals surface area contributed by atoms with Crippen molar-refractivity contribution in [3.63, 3.8) is 0 Å². The number of pyridine rings is 1. The first-order valence-electron chi connectivity index (χ1n) is 5.62. The first kappa shape index (κ1) is 11.2. The molecule has 0 aliphatic rings. The van der Waals surface area contributed by atoms with E-state index in [4.69, 9.17) is 0 Å². The van der Waals surface area contributed by atoms with Crippen molar-refractivity contribution < 1.29 is 0 Å². The Morgan fingerprint density at radius 1 is 0.944 bits per heavy atom. The van der Waals surface area contributed by atoms with Gasteiger partial charge in [-0.25, -0.2) is 0 Å². The first-order valence-corrected chi connectivity index (χ1v) is 6.41. The van der Waals surface area contributed by atoms with E-state index in [0.29, 0.717) is 0 Å². The number of hydrogen-bond acceptors (Lipinski definition) is 1. The number of nitrogens with zero attached hydrogens (tertiary/aromatic N) is 1. The number of benzene rings is 2. The van der Waals surface area contributed by atoms with E-state index in [1.807, 2.05) is 59.3 Å². The topological polar surface area (TPSA) is 22.0 Å². The molecule has 18 heavy (non-hydrogen) atoms. The number of hydrogen-bond donors (Lipinski definition) is 0. The Morgan fingerprint density at radius 2 is 1.78 bits per heavy atom. The van der Waals surface area contributed by atoms with Gasteiger partial charge in [0, 0.05) is 27.8 Å². The molecule has 0 atom stereocenters. The standard InChI is InChI=1S/C15H10BrNO/c16-11-4-3-5-12(10-11)17-9-8-15(18)13-6-1-2-7-14(13)17/h1-10H. The summed E-state index contributed by atoms with van der Waals surface area (Å²) in [4.78, 5) is 11.8. The van der Waals surface area contributed by atoms with Gasteiger partial charge >= 0.3 is 0 Å². The third-order valence-electron chi connectivity index (χ3n) is 2.89. The SMILES string of the molecule is O=c1ccn(-c2cccc(Br)c2)c2ccccc12. The normalized spacial score (nSPS) is 10.7. The largest absolute Gasteiger partial charge is 0.316 e. The van der Waals surface area contributed by atoms with E-state index >= 15 is 0 Å². The minimum atomic E-state index is 0.0526. The van der Waals surface area contributed by atoms with Crippen molar-refractivity contribution in [2.24, 2.45) is 0 Å². The van der Waals surface area contributed by atoms with Crippen molar-refractivity contribution in [3.05, 3.63) is 75.5 Å². The molecule has 3 aromatic rings. The van der Waals surface area contributed by atoms with Gasteiger partial charge in [-0.2, -0.15) is 0 Å². The first-order chi connectivity index (χ1) is 8.75. The molecule has 0 saturated heterocycles. The minimum Gasteiger partial charge on any atom is -0.316 e. The lowest BCUT2D eigenvalue weighted by Crippen LogP contribution is -2.06. The van der Waals surface area contributed by atoms with Crippen LogP contribution in [-0.2, 0) is 0 Å². The third kappa shape index (κ3) is 1.87. The molecular formula is C15H10BrNO. The highest BCUT2D eigenvalue weighted by Crippen LogP contribution is 2.19. The van der Waals surface area contributed by atoms with E-state index in [2.05, 4.69) is 15.9 Å². The highest BCUT2D eigenvalue weighted by atomic mass is 79.9. The van der Waals surface area contributed by atoms with Gasteiger partial charge in [0.15, 0.2) is 5.43 Å². The zero-order valence-electron chi connectivity index (χ0n) is 9.51.